The van der Waals surface area contributed by atoms with Gasteiger partial charge in [-0.3, -0.25) is 9.69 Å². The summed E-state index contributed by atoms with van der Waals surface area (Å²) in [5, 5.41) is 13.2. The van der Waals surface area contributed by atoms with Gasteiger partial charge in [-0.15, -0.1) is 0 Å². The van der Waals surface area contributed by atoms with Gasteiger partial charge in [0.05, 0.1) is 26.0 Å². The lowest BCUT2D eigenvalue weighted by Crippen LogP contribution is -2.49. The predicted octanol–water partition coefficient (Wildman–Crippen LogP) is 2.35. The van der Waals surface area contributed by atoms with Crippen LogP contribution in [-0.4, -0.2) is 48.3 Å². The Labute approximate surface area is 147 Å². The van der Waals surface area contributed by atoms with Gasteiger partial charge in [0.2, 0.25) is 5.91 Å². The summed E-state index contributed by atoms with van der Waals surface area (Å²) in [6.07, 6.45) is 1.30. The molecule has 3 rings (SSSR count). The Balaban J connectivity index is 1.56. The maximum absolute atomic E-state index is 12.4. The van der Waals surface area contributed by atoms with Crippen molar-refractivity contribution < 1.29 is 19.1 Å². The Morgan fingerprint density at radius 1 is 1.36 bits per heavy atom. The molecule has 0 saturated carbocycles. The number of carbonyl (C=O) groups is 1. The highest BCUT2D eigenvalue weighted by Gasteiger charge is 2.28. The zero-order chi connectivity index (χ0) is 17.6. The van der Waals surface area contributed by atoms with Crippen LogP contribution in [0.15, 0.2) is 47.1 Å². The van der Waals surface area contributed by atoms with Crippen molar-refractivity contribution in [2.24, 2.45) is 0 Å². The van der Waals surface area contributed by atoms with Gasteiger partial charge in [0.25, 0.3) is 0 Å². The Morgan fingerprint density at radius 2 is 2.16 bits per heavy atom. The molecule has 0 bridgehead atoms. The number of nitrogens with zero attached hydrogens (tertiary/aromatic N) is 1. The van der Waals surface area contributed by atoms with Crippen LogP contribution in [0.25, 0.3) is 0 Å². The summed E-state index contributed by atoms with van der Waals surface area (Å²) in [6, 6.07) is 11.2. The molecule has 2 aromatic rings. The lowest BCUT2D eigenvalue weighted by molar-refractivity contribution is -0.120. The zero-order valence-corrected chi connectivity index (χ0v) is 14.4. The number of nitrogens with one attached hydrogen (secondary N) is 1. The first-order chi connectivity index (χ1) is 12.1. The molecule has 2 heterocycles. The van der Waals surface area contributed by atoms with E-state index in [0.29, 0.717) is 31.9 Å². The number of aliphatic hydroxyl groups is 1. The standard InChI is InChI=1S/C19H24N2O4/c1-14-4-6-15(7-5-14)20-19(23)12-21-8-10-24-13-16(21)11-17(22)18-3-2-9-25-18/h2-7,9,16-17,22H,8,10-13H2,1H3,(H,20,23)/t16-,17-/m0/s1. The van der Waals surface area contributed by atoms with Crippen molar-refractivity contribution in [2.75, 3.05) is 31.6 Å². The van der Waals surface area contributed by atoms with E-state index in [2.05, 4.69) is 10.2 Å². The lowest BCUT2D eigenvalue weighted by Gasteiger charge is -2.35. The van der Waals surface area contributed by atoms with Crippen LogP contribution in [0.4, 0.5) is 5.69 Å². The molecule has 2 atom stereocenters. The van der Waals surface area contributed by atoms with E-state index in [1.54, 1.807) is 18.4 Å². The van der Waals surface area contributed by atoms with E-state index < -0.39 is 6.10 Å². The van der Waals surface area contributed by atoms with Gasteiger partial charge in [-0.1, -0.05) is 17.7 Å². The van der Waals surface area contributed by atoms with Gasteiger partial charge in [-0.05, 0) is 37.6 Å². The Bertz CT molecular complexity index is 669. The van der Waals surface area contributed by atoms with Gasteiger partial charge in [-0.2, -0.15) is 0 Å². The molecule has 1 amide bonds. The van der Waals surface area contributed by atoms with Crippen molar-refractivity contribution in [2.45, 2.75) is 25.5 Å². The van der Waals surface area contributed by atoms with Crippen molar-refractivity contribution in [3.8, 4) is 0 Å². The minimum absolute atomic E-state index is 0.0300. The third-order valence-corrected chi connectivity index (χ3v) is 4.40. The van der Waals surface area contributed by atoms with E-state index in [4.69, 9.17) is 9.15 Å². The fourth-order valence-electron chi connectivity index (χ4n) is 2.99. The first kappa shape index (κ1) is 17.7. The van der Waals surface area contributed by atoms with Gasteiger partial charge >= 0.3 is 0 Å². The molecule has 6 heteroatoms. The molecule has 25 heavy (non-hydrogen) atoms. The minimum Gasteiger partial charge on any atom is -0.467 e. The number of aliphatic hydroxyl groups excluding tert-OH is 1. The molecular weight excluding hydrogens is 320 g/mol. The molecule has 0 radical (unpaired) electrons. The van der Waals surface area contributed by atoms with Gasteiger partial charge in [0.15, 0.2) is 0 Å². The van der Waals surface area contributed by atoms with E-state index in [9.17, 15) is 9.90 Å². The molecule has 1 aromatic carbocycles. The van der Waals surface area contributed by atoms with Crippen LogP contribution in [0.1, 0.15) is 23.8 Å². The molecule has 1 aliphatic heterocycles. The first-order valence-corrected chi connectivity index (χ1v) is 8.51. The molecule has 0 aliphatic carbocycles. The van der Waals surface area contributed by atoms with E-state index in [1.807, 2.05) is 31.2 Å². The highest BCUT2D eigenvalue weighted by atomic mass is 16.5. The summed E-state index contributed by atoms with van der Waals surface area (Å²) in [5.74, 6) is 0.470. The second kappa shape index (κ2) is 8.29. The summed E-state index contributed by atoms with van der Waals surface area (Å²) < 4.78 is 10.8. The molecule has 0 unspecified atom stereocenters. The number of benzene rings is 1. The quantitative estimate of drug-likeness (QED) is 0.841. The molecule has 1 aromatic heterocycles. The maximum atomic E-state index is 12.4. The molecule has 134 valence electrons. The molecule has 1 fully saturated rings. The number of morpholine rings is 1. The van der Waals surface area contributed by atoms with Crippen LogP contribution in [0.5, 0.6) is 0 Å². The van der Waals surface area contributed by atoms with Crippen LogP contribution < -0.4 is 5.32 Å². The minimum atomic E-state index is -0.704. The van der Waals surface area contributed by atoms with Crippen LogP contribution >= 0.6 is 0 Å². The summed E-state index contributed by atoms with van der Waals surface area (Å²) >= 11 is 0. The van der Waals surface area contributed by atoms with E-state index in [1.165, 1.54) is 0 Å². The number of rotatable bonds is 6. The van der Waals surface area contributed by atoms with Crippen molar-refractivity contribution in [3.63, 3.8) is 0 Å². The second-order valence-electron chi connectivity index (χ2n) is 6.38. The van der Waals surface area contributed by atoms with E-state index >= 15 is 0 Å². The van der Waals surface area contributed by atoms with E-state index in [0.717, 1.165) is 11.3 Å². The summed E-state index contributed by atoms with van der Waals surface area (Å²) in [4.78, 5) is 14.4. The van der Waals surface area contributed by atoms with Gasteiger partial charge in [-0.25, -0.2) is 0 Å². The van der Waals surface area contributed by atoms with Crippen molar-refractivity contribution in [1.82, 2.24) is 4.90 Å². The van der Waals surface area contributed by atoms with Gasteiger partial charge in [0, 0.05) is 18.3 Å². The van der Waals surface area contributed by atoms with Crippen molar-refractivity contribution >= 4 is 11.6 Å². The Hall–Kier alpha value is -2.15. The average Bonchev–Trinajstić information content (AvgIpc) is 3.13. The molecule has 2 N–H and O–H groups in total. The smallest absolute Gasteiger partial charge is 0.238 e. The highest BCUT2D eigenvalue weighted by molar-refractivity contribution is 5.92. The molecule has 0 spiro atoms. The fraction of sp³-hybridized carbons (Fsp3) is 0.421. The monoisotopic (exact) mass is 344 g/mol. The van der Waals surface area contributed by atoms with Crippen LogP contribution in [0, 0.1) is 6.92 Å². The number of hydrogen-bond acceptors (Lipinski definition) is 5. The number of aryl methyl sites for hydroxylation is 1. The van der Waals surface area contributed by atoms with Crippen molar-refractivity contribution in [3.05, 3.63) is 54.0 Å². The normalized spacial score (nSPS) is 19.5. The molecule has 1 saturated heterocycles. The SMILES string of the molecule is Cc1ccc(NC(=O)CN2CCOC[C@@H]2C[C@H](O)c2ccco2)cc1. The number of amides is 1. The van der Waals surface area contributed by atoms with Gasteiger partial charge < -0.3 is 19.6 Å². The third-order valence-electron chi connectivity index (χ3n) is 4.40. The predicted molar refractivity (Wildman–Crippen MR) is 94.3 cm³/mol. The first-order valence-electron chi connectivity index (χ1n) is 8.51. The Morgan fingerprint density at radius 3 is 2.88 bits per heavy atom. The molecule has 6 nitrogen and oxygen atoms in total. The average molecular weight is 344 g/mol. The number of carbonyl (C=O) groups excluding carboxylic acids is 1. The van der Waals surface area contributed by atoms with E-state index in [-0.39, 0.29) is 18.5 Å². The number of hydrogen-bond donors (Lipinski definition) is 2. The van der Waals surface area contributed by atoms with Gasteiger partial charge in [0.1, 0.15) is 11.9 Å². The fourth-order valence-corrected chi connectivity index (χ4v) is 2.99. The number of ether oxygens (including phenoxy) is 1. The van der Waals surface area contributed by atoms with Crippen molar-refractivity contribution in [1.29, 1.82) is 0 Å². The second-order valence-corrected chi connectivity index (χ2v) is 6.38. The maximum Gasteiger partial charge on any atom is 0.238 e. The Kier molecular flexibility index (Phi) is 5.86. The largest absolute Gasteiger partial charge is 0.467 e. The van der Waals surface area contributed by atoms with Crippen LogP contribution in [-0.2, 0) is 9.53 Å². The van der Waals surface area contributed by atoms with Crippen LogP contribution in [0.2, 0.25) is 0 Å². The summed E-state index contributed by atoms with van der Waals surface area (Å²) in [7, 11) is 0. The molecular formula is C19H24N2O4. The molecule has 1 aliphatic rings. The number of anilines is 1. The zero-order valence-electron chi connectivity index (χ0n) is 14.4. The van der Waals surface area contributed by atoms with Crippen LogP contribution in [0.3, 0.4) is 0 Å². The summed E-state index contributed by atoms with van der Waals surface area (Å²) in [5.41, 5.74) is 1.94. The third kappa shape index (κ3) is 4.92. The number of furan rings is 1. The lowest BCUT2D eigenvalue weighted by atomic mass is 10.1. The summed E-state index contributed by atoms with van der Waals surface area (Å²) in [6.45, 7) is 4.03. The topological polar surface area (TPSA) is 74.9 Å². The highest BCUT2D eigenvalue weighted by Crippen LogP contribution is 2.23.